The summed E-state index contributed by atoms with van der Waals surface area (Å²) in [6, 6.07) is 18.7. The molecule has 142 valence electrons. The van der Waals surface area contributed by atoms with Crippen molar-refractivity contribution < 1.29 is 19.1 Å². The number of rotatable bonds is 4. The van der Waals surface area contributed by atoms with Gasteiger partial charge in [-0.25, -0.2) is 0 Å². The molecular formula is C22H18ClNO4. The number of nitrogens with one attached hydrogen (secondary N) is 1. The van der Waals surface area contributed by atoms with E-state index in [9.17, 15) is 9.59 Å². The molecule has 0 aromatic heterocycles. The summed E-state index contributed by atoms with van der Waals surface area (Å²) in [5.41, 5.74) is 1.55. The highest BCUT2D eigenvalue weighted by Gasteiger charge is 2.28. The highest BCUT2D eigenvalue weighted by Crippen LogP contribution is 2.30. The third-order valence-electron chi connectivity index (χ3n) is 4.67. The van der Waals surface area contributed by atoms with E-state index in [1.165, 1.54) is 0 Å². The number of benzene rings is 3. The first kappa shape index (κ1) is 18.3. The topological polar surface area (TPSA) is 64.6 Å². The van der Waals surface area contributed by atoms with Crippen molar-refractivity contribution >= 4 is 39.9 Å². The molecule has 1 atom stereocenters. The maximum atomic E-state index is 12.3. The first-order valence-electron chi connectivity index (χ1n) is 8.95. The summed E-state index contributed by atoms with van der Waals surface area (Å²) >= 11 is 6.00. The van der Waals surface area contributed by atoms with Gasteiger partial charge in [-0.05, 0) is 41.6 Å². The van der Waals surface area contributed by atoms with Crippen molar-refractivity contribution in [2.45, 2.75) is 6.42 Å². The average Bonchev–Trinajstić information content (AvgIpc) is 2.71. The molecule has 1 N–H and O–H groups in total. The summed E-state index contributed by atoms with van der Waals surface area (Å²) in [4.78, 5) is 24.6. The molecule has 5 nitrogen and oxygen atoms in total. The van der Waals surface area contributed by atoms with Gasteiger partial charge in [0.15, 0.2) is 6.61 Å². The van der Waals surface area contributed by atoms with Gasteiger partial charge in [-0.15, -0.1) is 0 Å². The van der Waals surface area contributed by atoms with Gasteiger partial charge in [0.05, 0.1) is 5.92 Å². The normalized spacial score (nSPS) is 15.4. The zero-order chi connectivity index (χ0) is 19.5. The van der Waals surface area contributed by atoms with E-state index in [1.54, 1.807) is 18.2 Å². The number of carbonyl (C=O) groups is 2. The Bertz CT molecular complexity index is 1040. The highest BCUT2D eigenvalue weighted by molar-refractivity contribution is 6.30. The molecule has 4 rings (SSSR count). The lowest BCUT2D eigenvalue weighted by Gasteiger charge is -2.24. The number of carbonyl (C=O) groups excluding carboxylic acids is 2. The predicted octanol–water partition coefficient (Wildman–Crippen LogP) is 4.23. The molecule has 0 saturated heterocycles. The van der Waals surface area contributed by atoms with E-state index in [4.69, 9.17) is 21.1 Å². The second-order valence-electron chi connectivity index (χ2n) is 6.65. The highest BCUT2D eigenvalue weighted by atomic mass is 35.5. The van der Waals surface area contributed by atoms with Crippen LogP contribution in [0.1, 0.15) is 5.56 Å². The summed E-state index contributed by atoms with van der Waals surface area (Å²) in [5.74, 6) is -0.581. The zero-order valence-electron chi connectivity index (χ0n) is 15.0. The molecule has 1 aliphatic rings. The van der Waals surface area contributed by atoms with Gasteiger partial charge in [0, 0.05) is 16.1 Å². The van der Waals surface area contributed by atoms with Crippen molar-refractivity contribution in [3.05, 3.63) is 71.2 Å². The van der Waals surface area contributed by atoms with Crippen molar-refractivity contribution in [2.75, 3.05) is 18.5 Å². The van der Waals surface area contributed by atoms with Gasteiger partial charge in [-0.3, -0.25) is 9.59 Å². The van der Waals surface area contributed by atoms with E-state index < -0.39 is 11.9 Å². The lowest BCUT2D eigenvalue weighted by atomic mass is 9.97. The summed E-state index contributed by atoms with van der Waals surface area (Å²) in [6.45, 7) is -0.126. The van der Waals surface area contributed by atoms with Gasteiger partial charge in [-0.1, -0.05) is 48.0 Å². The second-order valence-corrected chi connectivity index (χ2v) is 7.08. The van der Waals surface area contributed by atoms with Crippen LogP contribution in [0.2, 0.25) is 5.02 Å². The number of hydrogen-bond donors (Lipinski definition) is 1. The molecule has 0 saturated carbocycles. The standard InChI is InChI=1S/C22H18ClNO4/c23-17-8-9-20-15(11-17)10-16(12-27-20)22(26)28-13-21(25)24-19-7-3-5-14-4-1-2-6-18(14)19/h1-9,11,16H,10,12-13H2,(H,24,25)/t16-/m1/s1. The minimum absolute atomic E-state index is 0.221. The Morgan fingerprint density at radius 3 is 2.82 bits per heavy atom. The molecule has 0 fully saturated rings. The average molecular weight is 396 g/mol. The fraction of sp³-hybridized carbons (Fsp3) is 0.182. The largest absolute Gasteiger partial charge is 0.492 e. The van der Waals surface area contributed by atoms with E-state index >= 15 is 0 Å². The van der Waals surface area contributed by atoms with Crippen molar-refractivity contribution in [2.24, 2.45) is 5.92 Å². The molecule has 1 heterocycles. The van der Waals surface area contributed by atoms with E-state index in [0.717, 1.165) is 22.1 Å². The summed E-state index contributed by atoms with van der Waals surface area (Å²) < 4.78 is 10.8. The van der Waals surface area contributed by atoms with Crippen LogP contribution >= 0.6 is 11.6 Å². The zero-order valence-corrected chi connectivity index (χ0v) is 15.7. The van der Waals surface area contributed by atoms with E-state index in [1.807, 2.05) is 42.5 Å². The van der Waals surface area contributed by atoms with Crippen LogP contribution in [0.15, 0.2) is 60.7 Å². The molecule has 1 amide bonds. The van der Waals surface area contributed by atoms with Crippen molar-refractivity contribution in [1.29, 1.82) is 0 Å². The molecule has 1 aliphatic heterocycles. The Hall–Kier alpha value is -3.05. The maximum Gasteiger partial charge on any atom is 0.313 e. The lowest BCUT2D eigenvalue weighted by molar-refractivity contribution is -0.152. The molecule has 28 heavy (non-hydrogen) atoms. The number of ether oxygens (including phenoxy) is 2. The molecule has 3 aromatic carbocycles. The molecule has 3 aromatic rings. The van der Waals surface area contributed by atoms with Crippen LogP contribution in [-0.4, -0.2) is 25.1 Å². The minimum Gasteiger partial charge on any atom is -0.492 e. The maximum absolute atomic E-state index is 12.3. The van der Waals surface area contributed by atoms with Gasteiger partial charge in [-0.2, -0.15) is 0 Å². The predicted molar refractivity (Wildman–Crippen MR) is 108 cm³/mol. The minimum atomic E-state index is -0.462. The number of hydrogen-bond acceptors (Lipinski definition) is 4. The first-order chi connectivity index (χ1) is 13.6. The lowest BCUT2D eigenvalue weighted by Crippen LogP contribution is -2.32. The Morgan fingerprint density at radius 1 is 1.11 bits per heavy atom. The van der Waals surface area contributed by atoms with Crippen LogP contribution in [0, 0.1) is 5.92 Å². The number of halogens is 1. The molecule has 0 aliphatic carbocycles. The molecule has 0 spiro atoms. The number of fused-ring (bicyclic) bond motifs is 2. The van der Waals surface area contributed by atoms with Crippen molar-refractivity contribution in [3.63, 3.8) is 0 Å². The fourth-order valence-corrected chi connectivity index (χ4v) is 3.48. The quantitative estimate of drug-likeness (QED) is 0.671. The van der Waals surface area contributed by atoms with Crippen molar-refractivity contribution in [3.8, 4) is 5.75 Å². The third-order valence-corrected chi connectivity index (χ3v) is 4.91. The molecule has 6 heteroatoms. The molecule has 0 radical (unpaired) electrons. The van der Waals surface area contributed by atoms with Crippen LogP contribution in [0.5, 0.6) is 5.75 Å². The second kappa shape index (κ2) is 7.90. The molecule has 0 unspecified atom stereocenters. The molecular weight excluding hydrogens is 378 g/mol. The Morgan fingerprint density at radius 2 is 1.93 bits per heavy atom. The number of anilines is 1. The smallest absolute Gasteiger partial charge is 0.313 e. The van der Waals surface area contributed by atoms with Crippen LogP contribution in [0.4, 0.5) is 5.69 Å². The van der Waals surface area contributed by atoms with Crippen LogP contribution < -0.4 is 10.1 Å². The summed E-state index contributed by atoms with van der Waals surface area (Å²) in [6.07, 6.45) is 0.472. The Labute approximate surface area is 167 Å². The van der Waals surface area contributed by atoms with Gasteiger partial charge >= 0.3 is 5.97 Å². The van der Waals surface area contributed by atoms with Crippen molar-refractivity contribution in [1.82, 2.24) is 0 Å². The van der Waals surface area contributed by atoms with E-state index in [2.05, 4.69) is 5.32 Å². The Kier molecular flexibility index (Phi) is 5.17. The monoisotopic (exact) mass is 395 g/mol. The number of esters is 1. The van der Waals surface area contributed by atoms with Crippen LogP contribution in [-0.2, 0) is 20.7 Å². The van der Waals surface area contributed by atoms with Gasteiger partial charge in [0.1, 0.15) is 12.4 Å². The third kappa shape index (κ3) is 3.94. The summed E-state index contributed by atoms with van der Waals surface area (Å²) in [5, 5.41) is 5.34. The van der Waals surface area contributed by atoms with Crippen LogP contribution in [0.25, 0.3) is 10.8 Å². The number of amides is 1. The van der Waals surface area contributed by atoms with Crippen LogP contribution in [0.3, 0.4) is 0 Å². The van der Waals surface area contributed by atoms with E-state index in [-0.39, 0.29) is 19.1 Å². The van der Waals surface area contributed by atoms with Gasteiger partial charge < -0.3 is 14.8 Å². The molecule has 0 bridgehead atoms. The van der Waals surface area contributed by atoms with Gasteiger partial charge in [0.2, 0.25) is 0 Å². The summed E-state index contributed by atoms with van der Waals surface area (Å²) in [7, 11) is 0. The van der Waals surface area contributed by atoms with Gasteiger partial charge in [0.25, 0.3) is 5.91 Å². The van der Waals surface area contributed by atoms with E-state index in [0.29, 0.717) is 17.1 Å². The fourth-order valence-electron chi connectivity index (χ4n) is 3.29. The SMILES string of the molecule is O=C(COC(=O)[C@H]1COc2ccc(Cl)cc2C1)Nc1cccc2ccccc12. The first-order valence-corrected chi connectivity index (χ1v) is 9.33. The Balaban J connectivity index is 1.35.